The highest BCUT2D eigenvalue weighted by Crippen LogP contribution is 2.42. The Bertz CT molecular complexity index is 415. The average molecular weight is 270 g/mol. The molecule has 0 amide bonds. The van der Waals surface area contributed by atoms with Crippen molar-refractivity contribution in [1.29, 1.82) is 0 Å². The fourth-order valence-electron chi connectivity index (χ4n) is 2.35. The van der Waals surface area contributed by atoms with Crippen LogP contribution in [0.4, 0.5) is 0 Å². The molecule has 1 heterocycles. The minimum Gasteiger partial charge on any atom is -0.493 e. The van der Waals surface area contributed by atoms with Gasteiger partial charge in [-0.15, -0.1) is 0 Å². The van der Waals surface area contributed by atoms with Crippen LogP contribution < -0.4 is 14.8 Å². The third kappa shape index (κ3) is 2.73. The van der Waals surface area contributed by atoms with Crippen molar-refractivity contribution in [3.63, 3.8) is 0 Å². The monoisotopic (exact) mass is 269 g/mol. The van der Waals surface area contributed by atoms with Gasteiger partial charge in [0.1, 0.15) is 0 Å². The van der Waals surface area contributed by atoms with Crippen LogP contribution in [0.2, 0.25) is 5.02 Å². The number of nitrogens with one attached hydrogen (secondary N) is 1. The van der Waals surface area contributed by atoms with Gasteiger partial charge in [0.05, 0.1) is 13.2 Å². The van der Waals surface area contributed by atoms with Crippen molar-refractivity contribution in [1.82, 2.24) is 5.32 Å². The summed E-state index contributed by atoms with van der Waals surface area (Å²) in [6, 6.07) is 3.76. The summed E-state index contributed by atoms with van der Waals surface area (Å²) in [7, 11) is 1.66. The topological polar surface area (TPSA) is 30.5 Å². The molecule has 3 nitrogen and oxygen atoms in total. The normalized spacial score (nSPS) is 19.3. The van der Waals surface area contributed by atoms with Gasteiger partial charge < -0.3 is 14.8 Å². The van der Waals surface area contributed by atoms with Gasteiger partial charge in [0, 0.05) is 23.0 Å². The van der Waals surface area contributed by atoms with Crippen LogP contribution in [0.1, 0.15) is 31.7 Å². The molecule has 1 aliphatic rings. The maximum absolute atomic E-state index is 6.36. The molecule has 4 heteroatoms. The van der Waals surface area contributed by atoms with E-state index in [0.717, 1.165) is 41.6 Å². The molecule has 0 aromatic heterocycles. The molecule has 1 saturated heterocycles. The summed E-state index contributed by atoms with van der Waals surface area (Å²) < 4.78 is 11.3. The zero-order chi connectivity index (χ0) is 13.1. The Kier molecular flexibility index (Phi) is 4.36. The second-order valence-corrected chi connectivity index (χ2v) is 5.26. The quantitative estimate of drug-likeness (QED) is 0.910. The average Bonchev–Trinajstić information content (AvgIpc) is 2.82. The molecule has 1 aromatic carbocycles. The molecule has 2 rings (SSSR count). The van der Waals surface area contributed by atoms with E-state index in [2.05, 4.69) is 5.32 Å². The van der Waals surface area contributed by atoms with Crippen LogP contribution in [0, 0.1) is 0 Å². The van der Waals surface area contributed by atoms with E-state index in [1.54, 1.807) is 7.11 Å². The van der Waals surface area contributed by atoms with E-state index in [4.69, 9.17) is 21.1 Å². The summed E-state index contributed by atoms with van der Waals surface area (Å²) in [5.74, 6) is 1.96. The molecule has 100 valence electrons. The SMILES string of the molecule is COc1ccc(Cl)c(C2CCNC2)c1OC(C)C. The van der Waals surface area contributed by atoms with Crippen LogP contribution in [0.15, 0.2) is 12.1 Å². The molecule has 0 radical (unpaired) electrons. The zero-order valence-electron chi connectivity index (χ0n) is 11.1. The van der Waals surface area contributed by atoms with Crippen LogP contribution in [0.5, 0.6) is 11.5 Å². The Morgan fingerprint density at radius 3 is 2.72 bits per heavy atom. The standard InChI is InChI=1S/C14H20ClNO2/c1-9(2)18-14-12(17-3)5-4-11(15)13(14)10-6-7-16-8-10/h4-5,9-10,16H,6-8H2,1-3H3. The van der Waals surface area contributed by atoms with Crippen molar-refractivity contribution in [2.75, 3.05) is 20.2 Å². The van der Waals surface area contributed by atoms with Crippen LogP contribution >= 0.6 is 11.6 Å². The van der Waals surface area contributed by atoms with E-state index in [0.29, 0.717) is 5.92 Å². The first-order valence-electron chi connectivity index (χ1n) is 6.37. The fraction of sp³-hybridized carbons (Fsp3) is 0.571. The van der Waals surface area contributed by atoms with Gasteiger partial charge in [0.2, 0.25) is 0 Å². The second-order valence-electron chi connectivity index (χ2n) is 4.85. The van der Waals surface area contributed by atoms with Gasteiger partial charge in [-0.2, -0.15) is 0 Å². The van der Waals surface area contributed by atoms with Gasteiger partial charge in [-0.3, -0.25) is 0 Å². The number of benzene rings is 1. The smallest absolute Gasteiger partial charge is 0.166 e. The number of methoxy groups -OCH3 is 1. The largest absolute Gasteiger partial charge is 0.493 e. The molecule has 18 heavy (non-hydrogen) atoms. The lowest BCUT2D eigenvalue weighted by Gasteiger charge is -2.21. The predicted molar refractivity (Wildman–Crippen MR) is 74.0 cm³/mol. The third-order valence-corrected chi connectivity index (χ3v) is 3.48. The van der Waals surface area contributed by atoms with Crippen LogP contribution in [0.25, 0.3) is 0 Å². The number of ether oxygens (including phenoxy) is 2. The minimum atomic E-state index is 0.102. The van der Waals surface area contributed by atoms with E-state index >= 15 is 0 Å². The van der Waals surface area contributed by atoms with Crippen molar-refractivity contribution < 1.29 is 9.47 Å². The van der Waals surface area contributed by atoms with E-state index in [1.165, 1.54) is 0 Å². The highest BCUT2D eigenvalue weighted by atomic mass is 35.5. The molecule has 1 aromatic rings. The van der Waals surface area contributed by atoms with Crippen molar-refractivity contribution in [3.05, 3.63) is 22.7 Å². The third-order valence-electron chi connectivity index (χ3n) is 3.15. The lowest BCUT2D eigenvalue weighted by atomic mass is 9.96. The number of halogens is 1. The lowest BCUT2D eigenvalue weighted by molar-refractivity contribution is 0.226. The van der Waals surface area contributed by atoms with Crippen molar-refractivity contribution >= 4 is 11.6 Å². The van der Waals surface area contributed by atoms with Crippen molar-refractivity contribution in [2.24, 2.45) is 0 Å². The van der Waals surface area contributed by atoms with Gasteiger partial charge in [0.25, 0.3) is 0 Å². The van der Waals surface area contributed by atoms with Gasteiger partial charge in [-0.05, 0) is 38.9 Å². The van der Waals surface area contributed by atoms with E-state index < -0.39 is 0 Å². The van der Waals surface area contributed by atoms with Gasteiger partial charge in [0.15, 0.2) is 11.5 Å². The Balaban J connectivity index is 2.45. The molecule has 1 unspecified atom stereocenters. The van der Waals surface area contributed by atoms with Gasteiger partial charge in [-0.1, -0.05) is 11.6 Å². The highest BCUT2D eigenvalue weighted by molar-refractivity contribution is 6.31. The van der Waals surface area contributed by atoms with Crippen LogP contribution in [-0.4, -0.2) is 26.3 Å². The summed E-state index contributed by atoms with van der Waals surface area (Å²) in [5.41, 5.74) is 1.08. The summed E-state index contributed by atoms with van der Waals surface area (Å²) in [4.78, 5) is 0. The van der Waals surface area contributed by atoms with Crippen molar-refractivity contribution in [2.45, 2.75) is 32.3 Å². The van der Waals surface area contributed by atoms with E-state index in [9.17, 15) is 0 Å². The summed E-state index contributed by atoms with van der Waals surface area (Å²) in [6.07, 6.45) is 1.19. The zero-order valence-corrected chi connectivity index (χ0v) is 11.9. The molecule has 0 bridgehead atoms. The van der Waals surface area contributed by atoms with E-state index in [1.807, 2.05) is 26.0 Å². The maximum Gasteiger partial charge on any atom is 0.166 e. The first-order chi connectivity index (χ1) is 8.63. The molecule has 1 N–H and O–H groups in total. The molecular weight excluding hydrogens is 250 g/mol. The Hall–Kier alpha value is -0.930. The Morgan fingerprint density at radius 1 is 1.39 bits per heavy atom. The Morgan fingerprint density at radius 2 is 2.17 bits per heavy atom. The van der Waals surface area contributed by atoms with Gasteiger partial charge in [-0.25, -0.2) is 0 Å². The second kappa shape index (κ2) is 5.81. The molecule has 1 atom stereocenters. The summed E-state index contributed by atoms with van der Waals surface area (Å²) in [5, 5.41) is 4.13. The highest BCUT2D eigenvalue weighted by Gasteiger charge is 2.26. The molecule has 0 spiro atoms. The molecule has 0 aliphatic carbocycles. The molecular formula is C14H20ClNO2. The first-order valence-corrected chi connectivity index (χ1v) is 6.75. The van der Waals surface area contributed by atoms with Crippen LogP contribution in [-0.2, 0) is 0 Å². The first kappa shape index (κ1) is 13.5. The number of hydrogen-bond donors (Lipinski definition) is 1. The Labute approximate surface area is 113 Å². The predicted octanol–water partition coefficient (Wildman–Crippen LogP) is 3.21. The van der Waals surface area contributed by atoms with Gasteiger partial charge >= 0.3 is 0 Å². The molecule has 0 saturated carbocycles. The molecule has 1 aliphatic heterocycles. The fourth-order valence-corrected chi connectivity index (χ4v) is 2.66. The summed E-state index contributed by atoms with van der Waals surface area (Å²) >= 11 is 6.36. The molecule has 1 fully saturated rings. The van der Waals surface area contributed by atoms with E-state index in [-0.39, 0.29) is 6.10 Å². The number of rotatable bonds is 4. The maximum atomic E-state index is 6.36. The number of hydrogen-bond acceptors (Lipinski definition) is 3. The van der Waals surface area contributed by atoms with Crippen molar-refractivity contribution in [3.8, 4) is 11.5 Å². The van der Waals surface area contributed by atoms with Crippen LogP contribution in [0.3, 0.4) is 0 Å². The minimum absolute atomic E-state index is 0.102. The lowest BCUT2D eigenvalue weighted by Crippen LogP contribution is -2.13. The summed E-state index contributed by atoms with van der Waals surface area (Å²) in [6.45, 7) is 5.99.